The van der Waals surface area contributed by atoms with Crippen molar-refractivity contribution in [3.8, 4) is 0 Å². The van der Waals surface area contributed by atoms with E-state index >= 15 is 0 Å². The number of aryl methyl sites for hydroxylation is 1. The summed E-state index contributed by atoms with van der Waals surface area (Å²) in [5, 5.41) is 4.19. The maximum absolute atomic E-state index is 4.19. The lowest BCUT2D eigenvalue weighted by Gasteiger charge is -2.29. The van der Waals surface area contributed by atoms with Gasteiger partial charge in [-0.15, -0.1) is 0 Å². The molecule has 0 bridgehead atoms. The van der Waals surface area contributed by atoms with E-state index in [-0.39, 0.29) is 0 Å². The normalized spacial score (nSPS) is 18.0. The molecule has 2 heterocycles. The van der Waals surface area contributed by atoms with E-state index in [1.807, 2.05) is 31.8 Å². The lowest BCUT2D eigenvalue weighted by atomic mass is 9.99. The monoisotopic (exact) mass is 223 g/mol. The van der Waals surface area contributed by atoms with Crippen LogP contribution in [-0.4, -0.2) is 27.8 Å². The van der Waals surface area contributed by atoms with Crippen LogP contribution >= 0.6 is 0 Å². The van der Waals surface area contributed by atoms with Crippen LogP contribution in [0.1, 0.15) is 39.2 Å². The maximum Gasteiger partial charge on any atom is 0.0534 e. The topological polar surface area (TPSA) is 21.1 Å². The Morgan fingerprint density at radius 2 is 1.94 bits per heavy atom. The maximum atomic E-state index is 4.19. The summed E-state index contributed by atoms with van der Waals surface area (Å²) in [6.45, 7) is 9.91. The second kappa shape index (κ2) is 6.69. The second-order valence-corrected chi connectivity index (χ2v) is 4.48. The number of piperidine rings is 1. The molecule has 3 heteroatoms. The van der Waals surface area contributed by atoms with Crippen molar-refractivity contribution in [3.63, 3.8) is 0 Å². The Hall–Kier alpha value is -0.830. The fourth-order valence-electron chi connectivity index (χ4n) is 2.03. The van der Waals surface area contributed by atoms with Crippen LogP contribution in [0.3, 0.4) is 0 Å². The minimum Gasteiger partial charge on any atom is -0.299 e. The van der Waals surface area contributed by atoms with Gasteiger partial charge in [-0.05, 0) is 31.8 Å². The molecule has 1 aromatic rings. The summed E-state index contributed by atoms with van der Waals surface area (Å²) in [6, 6.07) is 0. The average Bonchev–Trinajstić information content (AvgIpc) is 2.70. The summed E-state index contributed by atoms with van der Waals surface area (Å²) in [7, 11) is 1.97. The van der Waals surface area contributed by atoms with E-state index in [4.69, 9.17) is 0 Å². The lowest BCUT2D eigenvalue weighted by molar-refractivity contribution is 0.185. The molecule has 0 N–H and O–H groups in total. The molecule has 1 aromatic heterocycles. The van der Waals surface area contributed by atoms with Gasteiger partial charge in [-0.1, -0.05) is 20.8 Å². The van der Waals surface area contributed by atoms with Crippen molar-refractivity contribution in [1.82, 2.24) is 14.7 Å². The van der Waals surface area contributed by atoms with Gasteiger partial charge in [0.05, 0.1) is 6.20 Å². The highest BCUT2D eigenvalue weighted by molar-refractivity contribution is 5.03. The zero-order valence-electron chi connectivity index (χ0n) is 11.1. The number of aromatic nitrogens is 2. The predicted octanol–water partition coefficient (Wildman–Crippen LogP) is 2.68. The molecule has 0 atom stereocenters. The first-order valence-corrected chi connectivity index (χ1v) is 6.44. The number of rotatable bonds is 2. The van der Waals surface area contributed by atoms with Crippen LogP contribution in [0, 0.1) is 5.92 Å². The van der Waals surface area contributed by atoms with Crippen LogP contribution in [0.15, 0.2) is 12.4 Å². The molecular weight excluding hydrogens is 198 g/mol. The molecule has 0 aliphatic carbocycles. The molecule has 16 heavy (non-hydrogen) atoms. The van der Waals surface area contributed by atoms with Gasteiger partial charge in [0.1, 0.15) is 0 Å². The number of hydrogen-bond acceptors (Lipinski definition) is 2. The van der Waals surface area contributed by atoms with E-state index in [1.54, 1.807) is 0 Å². The molecule has 3 nitrogen and oxygen atoms in total. The summed E-state index contributed by atoms with van der Waals surface area (Å²) in [5.74, 6) is 0.917. The van der Waals surface area contributed by atoms with Gasteiger partial charge in [0, 0.05) is 25.4 Å². The van der Waals surface area contributed by atoms with Crippen molar-refractivity contribution in [2.75, 3.05) is 13.1 Å². The second-order valence-electron chi connectivity index (χ2n) is 4.48. The van der Waals surface area contributed by atoms with Crippen LogP contribution in [0.5, 0.6) is 0 Å². The van der Waals surface area contributed by atoms with E-state index in [0.717, 1.165) is 12.5 Å². The smallest absolute Gasteiger partial charge is 0.0534 e. The van der Waals surface area contributed by atoms with Gasteiger partial charge in [-0.3, -0.25) is 9.58 Å². The highest BCUT2D eigenvalue weighted by Gasteiger charge is 2.15. The zero-order valence-corrected chi connectivity index (χ0v) is 11.1. The van der Waals surface area contributed by atoms with E-state index < -0.39 is 0 Å². The van der Waals surface area contributed by atoms with Gasteiger partial charge in [-0.2, -0.15) is 5.10 Å². The quantitative estimate of drug-likeness (QED) is 0.768. The van der Waals surface area contributed by atoms with Crippen molar-refractivity contribution < 1.29 is 0 Å². The Morgan fingerprint density at radius 1 is 1.31 bits per heavy atom. The fourth-order valence-corrected chi connectivity index (χ4v) is 2.03. The molecule has 1 aliphatic heterocycles. The molecule has 1 aliphatic rings. The van der Waals surface area contributed by atoms with E-state index in [9.17, 15) is 0 Å². The summed E-state index contributed by atoms with van der Waals surface area (Å²) in [6.07, 6.45) is 6.77. The molecule has 2 rings (SSSR count). The largest absolute Gasteiger partial charge is 0.299 e. The van der Waals surface area contributed by atoms with E-state index in [1.165, 1.54) is 31.5 Å². The Kier molecular flexibility index (Phi) is 5.53. The van der Waals surface area contributed by atoms with E-state index in [0.29, 0.717) is 0 Å². The minimum atomic E-state index is 0.917. The Labute approximate surface area is 99.4 Å². The summed E-state index contributed by atoms with van der Waals surface area (Å²) >= 11 is 0. The first-order valence-electron chi connectivity index (χ1n) is 6.44. The third-order valence-corrected chi connectivity index (χ3v) is 3.04. The van der Waals surface area contributed by atoms with Crippen LogP contribution in [0.2, 0.25) is 0 Å². The van der Waals surface area contributed by atoms with Gasteiger partial charge >= 0.3 is 0 Å². The third-order valence-electron chi connectivity index (χ3n) is 3.04. The average molecular weight is 223 g/mol. The van der Waals surface area contributed by atoms with Crippen molar-refractivity contribution >= 4 is 0 Å². The first-order chi connectivity index (χ1) is 7.74. The molecule has 0 radical (unpaired) electrons. The standard InChI is InChI=1S/C11H19N3.C2H6/c1-10-3-5-14(6-4-10)9-11-7-12-13(2)8-11;1-2/h7-8,10H,3-6,9H2,1-2H3;1-2H3. The molecule has 0 aromatic carbocycles. The highest BCUT2D eigenvalue weighted by Crippen LogP contribution is 2.17. The molecule has 0 amide bonds. The predicted molar refractivity (Wildman–Crippen MR) is 68.2 cm³/mol. The molecule has 1 fully saturated rings. The zero-order chi connectivity index (χ0) is 12.0. The van der Waals surface area contributed by atoms with Crippen LogP contribution in [-0.2, 0) is 13.6 Å². The highest BCUT2D eigenvalue weighted by atomic mass is 15.2. The first kappa shape index (κ1) is 13.2. The SMILES string of the molecule is CC.CC1CCN(Cc2cnn(C)c2)CC1. The van der Waals surface area contributed by atoms with Gasteiger partial charge < -0.3 is 0 Å². The van der Waals surface area contributed by atoms with Gasteiger partial charge in [0.15, 0.2) is 0 Å². The van der Waals surface area contributed by atoms with Crippen LogP contribution in [0.4, 0.5) is 0 Å². The molecule has 92 valence electrons. The fraction of sp³-hybridized carbons (Fsp3) is 0.769. The molecule has 0 spiro atoms. The summed E-state index contributed by atoms with van der Waals surface area (Å²) in [5.41, 5.74) is 1.34. The molecule has 0 unspecified atom stereocenters. The van der Waals surface area contributed by atoms with Crippen LogP contribution in [0.25, 0.3) is 0 Å². The Morgan fingerprint density at radius 3 is 2.44 bits per heavy atom. The number of nitrogens with zero attached hydrogens (tertiary/aromatic N) is 3. The van der Waals surface area contributed by atoms with Crippen LogP contribution < -0.4 is 0 Å². The minimum absolute atomic E-state index is 0.917. The number of hydrogen-bond donors (Lipinski definition) is 0. The molecule has 0 saturated carbocycles. The van der Waals surface area contributed by atoms with Gasteiger partial charge in [0.2, 0.25) is 0 Å². The van der Waals surface area contributed by atoms with Gasteiger partial charge in [-0.25, -0.2) is 0 Å². The van der Waals surface area contributed by atoms with Gasteiger partial charge in [0.25, 0.3) is 0 Å². The van der Waals surface area contributed by atoms with Crippen molar-refractivity contribution in [2.45, 2.75) is 40.2 Å². The Bertz CT molecular complexity index is 285. The Balaban J connectivity index is 0.000000606. The van der Waals surface area contributed by atoms with Crippen molar-refractivity contribution in [1.29, 1.82) is 0 Å². The third kappa shape index (κ3) is 3.97. The lowest BCUT2D eigenvalue weighted by Crippen LogP contribution is -2.32. The summed E-state index contributed by atoms with van der Waals surface area (Å²) in [4.78, 5) is 2.52. The van der Waals surface area contributed by atoms with Crippen molar-refractivity contribution in [3.05, 3.63) is 18.0 Å². The summed E-state index contributed by atoms with van der Waals surface area (Å²) < 4.78 is 1.88. The molecular formula is C13H25N3. The number of likely N-dealkylation sites (tertiary alicyclic amines) is 1. The van der Waals surface area contributed by atoms with E-state index in [2.05, 4.69) is 23.1 Å². The van der Waals surface area contributed by atoms with Crippen molar-refractivity contribution in [2.24, 2.45) is 13.0 Å². The molecule has 1 saturated heterocycles.